The predicted molar refractivity (Wildman–Crippen MR) is 70.0 cm³/mol. The third-order valence-electron chi connectivity index (χ3n) is 3.01. The van der Waals surface area contributed by atoms with Crippen LogP contribution < -0.4 is 5.32 Å². The first-order valence-corrected chi connectivity index (χ1v) is 7.08. The molecule has 1 aliphatic heterocycles. The van der Waals surface area contributed by atoms with Crippen molar-refractivity contribution in [2.24, 2.45) is 0 Å². The molecule has 0 radical (unpaired) electrons. The Hall–Kier alpha value is -1.07. The van der Waals surface area contributed by atoms with Crippen molar-refractivity contribution in [2.45, 2.75) is 18.4 Å². The van der Waals surface area contributed by atoms with Crippen molar-refractivity contribution >= 4 is 17.7 Å². The Labute approximate surface area is 110 Å². The molecular weight excluding hydrogens is 253 g/mol. The summed E-state index contributed by atoms with van der Waals surface area (Å²) < 4.78 is 12.9. The zero-order valence-electron chi connectivity index (χ0n) is 9.99. The Morgan fingerprint density at radius 2 is 2.39 bits per heavy atom. The fourth-order valence-electron chi connectivity index (χ4n) is 1.91. The van der Waals surface area contributed by atoms with E-state index in [0.29, 0.717) is 25.1 Å². The van der Waals surface area contributed by atoms with Crippen molar-refractivity contribution in [3.05, 3.63) is 35.6 Å². The van der Waals surface area contributed by atoms with Gasteiger partial charge in [0.05, 0.1) is 0 Å². The Morgan fingerprint density at radius 3 is 3.06 bits per heavy atom. The van der Waals surface area contributed by atoms with Crippen molar-refractivity contribution < 1.29 is 14.3 Å². The smallest absolute Gasteiger partial charge is 0.252 e. The summed E-state index contributed by atoms with van der Waals surface area (Å²) in [7, 11) is 0. The summed E-state index contributed by atoms with van der Waals surface area (Å²) in [6.07, 6.45) is 1.07. The van der Waals surface area contributed by atoms with Crippen molar-refractivity contribution in [3.8, 4) is 0 Å². The van der Waals surface area contributed by atoms with Crippen LogP contribution >= 0.6 is 11.8 Å². The summed E-state index contributed by atoms with van der Waals surface area (Å²) in [5.41, 5.74) is -0.379. The maximum absolute atomic E-state index is 12.9. The van der Waals surface area contributed by atoms with E-state index < -0.39 is 5.60 Å². The SMILES string of the molecule is O=C(NCCc1cccc(F)c1)C1(O)CCSC1. The number of nitrogens with one attached hydrogen (secondary N) is 1. The maximum Gasteiger partial charge on any atom is 0.252 e. The molecule has 0 saturated carbocycles. The molecule has 1 aliphatic rings. The van der Waals surface area contributed by atoms with Crippen molar-refractivity contribution in [3.63, 3.8) is 0 Å². The molecule has 2 rings (SSSR count). The van der Waals surface area contributed by atoms with Gasteiger partial charge >= 0.3 is 0 Å². The number of carbonyl (C=O) groups excluding carboxylic acids is 1. The molecule has 0 bridgehead atoms. The van der Waals surface area contributed by atoms with Crippen molar-refractivity contribution in [2.75, 3.05) is 18.1 Å². The van der Waals surface area contributed by atoms with Gasteiger partial charge in [-0.15, -0.1) is 0 Å². The third-order valence-corrected chi connectivity index (χ3v) is 4.19. The number of carbonyl (C=O) groups is 1. The highest BCUT2D eigenvalue weighted by Gasteiger charge is 2.39. The van der Waals surface area contributed by atoms with E-state index in [9.17, 15) is 14.3 Å². The first-order valence-electron chi connectivity index (χ1n) is 5.93. The lowest BCUT2D eigenvalue weighted by molar-refractivity contribution is -0.137. The summed E-state index contributed by atoms with van der Waals surface area (Å²) in [5, 5.41) is 12.7. The number of thioether (sulfide) groups is 1. The van der Waals surface area contributed by atoms with Gasteiger partial charge in [-0.25, -0.2) is 4.39 Å². The van der Waals surface area contributed by atoms with Gasteiger partial charge in [0, 0.05) is 12.3 Å². The van der Waals surface area contributed by atoms with E-state index in [-0.39, 0.29) is 11.7 Å². The number of hydrogen-bond acceptors (Lipinski definition) is 3. The van der Waals surface area contributed by atoms with E-state index in [2.05, 4.69) is 5.32 Å². The molecule has 5 heteroatoms. The average molecular weight is 269 g/mol. The molecule has 1 saturated heterocycles. The van der Waals surface area contributed by atoms with E-state index in [1.807, 2.05) is 6.07 Å². The summed E-state index contributed by atoms with van der Waals surface area (Å²) >= 11 is 1.58. The van der Waals surface area contributed by atoms with Crippen LogP contribution in [-0.4, -0.2) is 34.7 Å². The molecular formula is C13H16FNO2S. The standard InChI is InChI=1S/C13H16FNO2S/c14-11-3-1-2-10(8-11)4-6-15-12(16)13(17)5-7-18-9-13/h1-3,8,17H,4-7,9H2,(H,15,16). The fraction of sp³-hybridized carbons (Fsp3) is 0.462. The monoisotopic (exact) mass is 269 g/mol. The fourth-order valence-corrected chi connectivity index (χ4v) is 3.15. The van der Waals surface area contributed by atoms with Gasteiger partial charge < -0.3 is 10.4 Å². The molecule has 18 heavy (non-hydrogen) atoms. The normalized spacial score (nSPS) is 23.0. The van der Waals surface area contributed by atoms with Gasteiger partial charge in [-0.2, -0.15) is 11.8 Å². The van der Waals surface area contributed by atoms with Crippen LogP contribution in [0.4, 0.5) is 4.39 Å². The molecule has 3 nitrogen and oxygen atoms in total. The molecule has 1 heterocycles. The molecule has 98 valence electrons. The first-order chi connectivity index (χ1) is 8.60. The molecule has 0 aliphatic carbocycles. The molecule has 0 aromatic heterocycles. The van der Waals surface area contributed by atoms with Crippen LogP contribution in [-0.2, 0) is 11.2 Å². The lowest BCUT2D eigenvalue weighted by Gasteiger charge is -2.20. The third kappa shape index (κ3) is 3.23. The van der Waals surface area contributed by atoms with Gasteiger partial charge in [-0.3, -0.25) is 4.79 Å². The number of benzene rings is 1. The Morgan fingerprint density at radius 1 is 1.56 bits per heavy atom. The summed E-state index contributed by atoms with van der Waals surface area (Å²) in [6, 6.07) is 6.30. The summed E-state index contributed by atoms with van der Waals surface area (Å²) in [6.45, 7) is 0.412. The Balaban J connectivity index is 1.80. The van der Waals surface area contributed by atoms with Gasteiger partial charge in [0.25, 0.3) is 5.91 Å². The minimum Gasteiger partial charge on any atom is -0.379 e. The molecule has 1 aromatic rings. The van der Waals surface area contributed by atoms with Gasteiger partial charge in [-0.1, -0.05) is 12.1 Å². The lowest BCUT2D eigenvalue weighted by Crippen LogP contribution is -2.47. The van der Waals surface area contributed by atoms with Crippen LogP contribution in [0.1, 0.15) is 12.0 Å². The van der Waals surface area contributed by atoms with Gasteiger partial charge in [-0.05, 0) is 36.3 Å². The number of halogens is 1. The van der Waals surface area contributed by atoms with Crippen LogP contribution in [0.25, 0.3) is 0 Å². The molecule has 1 unspecified atom stereocenters. The molecule has 2 N–H and O–H groups in total. The van der Waals surface area contributed by atoms with E-state index in [1.165, 1.54) is 12.1 Å². The molecule has 1 atom stereocenters. The molecule has 1 amide bonds. The van der Waals surface area contributed by atoms with Gasteiger partial charge in [0.1, 0.15) is 5.82 Å². The minimum atomic E-state index is -1.22. The second kappa shape index (κ2) is 5.71. The van der Waals surface area contributed by atoms with Crippen LogP contribution in [0.15, 0.2) is 24.3 Å². The Bertz CT molecular complexity index is 433. The van der Waals surface area contributed by atoms with E-state index in [1.54, 1.807) is 17.8 Å². The van der Waals surface area contributed by atoms with Crippen LogP contribution in [0.3, 0.4) is 0 Å². The van der Waals surface area contributed by atoms with E-state index in [0.717, 1.165) is 11.3 Å². The van der Waals surface area contributed by atoms with Crippen LogP contribution in [0.2, 0.25) is 0 Å². The summed E-state index contributed by atoms with van der Waals surface area (Å²) in [4.78, 5) is 11.8. The highest BCUT2D eigenvalue weighted by molar-refractivity contribution is 7.99. The Kier molecular flexibility index (Phi) is 4.24. The zero-order valence-corrected chi connectivity index (χ0v) is 10.8. The van der Waals surface area contributed by atoms with E-state index >= 15 is 0 Å². The predicted octanol–water partition coefficient (Wildman–Crippen LogP) is 1.35. The largest absolute Gasteiger partial charge is 0.379 e. The van der Waals surface area contributed by atoms with Crippen molar-refractivity contribution in [1.82, 2.24) is 5.32 Å². The van der Waals surface area contributed by atoms with Gasteiger partial charge in [0.2, 0.25) is 0 Å². The molecule has 1 fully saturated rings. The first kappa shape index (κ1) is 13.4. The molecule has 1 aromatic carbocycles. The number of aliphatic hydroxyl groups is 1. The van der Waals surface area contributed by atoms with E-state index in [4.69, 9.17) is 0 Å². The van der Waals surface area contributed by atoms with Crippen LogP contribution in [0, 0.1) is 5.82 Å². The summed E-state index contributed by atoms with van der Waals surface area (Å²) in [5.74, 6) is 0.681. The topological polar surface area (TPSA) is 49.3 Å². The van der Waals surface area contributed by atoms with Gasteiger partial charge in [0.15, 0.2) is 5.60 Å². The zero-order chi connectivity index (χ0) is 13.0. The van der Waals surface area contributed by atoms with Crippen molar-refractivity contribution in [1.29, 1.82) is 0 Å². The average Bonchev–Trinajstić information content (AvgIpc) is 2.77. The number of rotatable bonds is 4. The second-order valence-corrected chi connectivity index (χ2v) is 5.58. The highest BCUT2D eigenvalue weighted by atomic mass is 32.2. The quantitative estimate of drug-likeness (QED) is 0.867. The second-order valence-electron chi connectivity index (χ2n) is 4.47. The lowest BCUT2D eigenvalue weighted by atomic mass is 10.0. The number of amides is 1. The highest BCUT2D eigenvalue weighted by Crippen LogP contribution is 2.27. The molecule has 0 spiro atoms. The number of hydrogen-bond donors (Lipinski definition) is 2. The minimum absolute atomic E-state index is 0.273. The maximum atomic E-state index is 12.9. The van der Waals surface area contributed by atoms with Crippen LogP contribution in [0.5, 0.6) is 0 Å².